The van der Waals surface area contributed by atoms with E-state index >= 15 is 0 Å². The molecule has 7 nitrogen and oxygen atoms in total. The predicted molar refractivity (Wildman–Crippen MR) is 89.5 cm³/mol. The van der Waals surface area contributed by atoms with E-state index in [1.165, 1.54) is 6.26 Å². The van der Waals surface area contributed by atoms with Crippen molar-refractivity contribution in [1.29, 1.82) is 0 Å². The van der Waals surface area contributed by atoms with Crippen LogP contribution in [-0.4, -0.2) is 33.8 Å². The Morgan fingerprint density at radius 2 is 2.04 bits per heavy atom. The van der Waals surface area contributed by atoms with Crippen molar-refractivity contribution in [1.82, 2.24) is 15.5 Å². The minimum Gasteiger partial charge on any atom is -0.461 e. The summed E-state index contributed by atoms with van der Waals surface area (Å²) in [6.07, 6.45) is 1.93. The molecule has 3 rings (SSSR count). The van der Waals surface area contributed by atoms with Crippen molar-refractivity contribution < 1.29 is 18.8 Å². The van der Waals surface area contributed by atoms with Gasteiger partial charge in [0.25, 0.3) is 0 Å². The summed E-state index contributed by atoms with van der Waals surface area (Å²) in [5.74, 6) is 1.07. The average molecular weight is 341 g/mol. The van der Waals surface area contributed by atoms with Crippen molar-refractivity contribution in [2.75, 3.05) is 6.54 Å². The van der Waals surface area contributed by atoms with Gasteiger partial charge < -0.3 is 19.4 Å². The quantitative estimate of drug-likeness (QED) is 0.650. The highest BCUT2D eigenvalue weighted by Gasteiger charge is 2.13. The highest BCUT2D eigenvalue weighted by molar-refractivity contribution is 5.76. The number of benzene rings is 1. The second-order valence-electron chi connectivity index (χ2n) is 5.64. The molecule has 3 aromatic rings. The van der Waals surface area contributed by atoms with Crippen LogP contribution in [0.1, 0.15) is 17.9 Å². The maximum Gasteiger partial charge on any atom is 0.238 e. The van der Waals surface area contributed by atoms with Gasteiger partial charge in [0, 0.05) is 25.8 Å². The van der Waals surface area contributed by atoms with Crippen molar-refractivity contribution in [3.8, 4) is 11.6 Å². The van der Waals surface area contributed by atoms with E-state index in [9.17, 15) is 9.90 Å². The summed E-state index contributed by atoms with van der Waals surface area (Å²) in [6, 6.07) is 13.1. The molecule has 25 heavy (non-hydrogen) atoms. The molecule has 1 unspecified atom stereocenters. The Kier molecular flexibility index (Phi) is 5.58. The number of carbonyl (C=O) groups is 1. The lowest BCUT2D eigenvalue weighted by Crippen LogP contribution is -2.33. The topological polar surface area (TPSA) is 101 Å². The Balaban J connectivity index is 1.39. The van der Waals surface area contributed by atoms with Crippen LogP contribution in [0, 0.1) is 0 Å². The van der Waals surface area contributed by atoms with Gasteiger partial charge >= 0.3 is 0 Å². The van der Waals surface area contributed by atoms with Gasteiger partial charge in [0.15, 0.2) is 5.76 Å². The van der Waals surface area contributed by atoms with Crippen LogP contribution in [0.3, 0.4) is 0 Å². The number of aliphatic hydroxyl groups is 1. The fourth-order valence-corrected chi connectivity index (χ4v) is 2.36. The molecule has 0 bridgehead atoms. The van der Waals surface area contributed by atoms with Gasteiger partial charge in [-0.3, -0.25) is 4.79 Å². The Labute approximate surface area is 144 Å². The van der Waals surface area contributed by atoms with Gasteiger partial charge in [-0.15, -0.1) is 0 Å². The second-order valence-corrected chi connectivity index (χ2v) is 5.64. The summed E-state index contributed by atoms with van der Waals surface area (Å²) in [5.41, 5.74) is 1.03. The number of furan rings is 1. The summed E-state index contributed by atoms with van der Waals surface area (Å²) in [5, 5.41) is 16.5. The fourth-order valence-electron chi connectivity index (χ4n) is 2.36. The van der Waals surface area contributed by atoms with Gasteiger partial charge in [-0.2, -0.15) is 4.98 Å². The smallest absolute Gasteiger partial charge is 0.238 e. The van der Waals surface area contributed by atoms with E-state index in [0.717, 1.165) is 5.56 Å². The molecule has 0 aliphatic rings. The Morgan fingerprint density at radius 3 is 2.80 bits per heavy atom. The lowest BCUT2D eigenvalue weighted by Gasteiger charge is -2.11. The summed E-state index contributed by atoms with van der Waals surface area (Å²) in [4.78, 5) is 16.1. The van der Waals surface area contributed by atoms with Crippen LogP contribution in [0.15, 0.2) is 57.7 Å². The lowest BCUT2D eigenvalue weighted by atomic mass is 10.1. The van der Waals surface area contributed by atoms with Crippen molar-refractivity contribution in [3.63, 3.8) is 0 Å². The fraction of sp³-hybridized carbons (Fsp3) is 0.278. The monoisotopic (exact) mass is 341 g/mol. The molecule has 2 aromatic heterocycles. The normalized spacial score (nSPS) is 12.0. The SMILES string of the molecule is O=C(CCc1nc(-c2ccco2)no1)NCC(O)Cc1ccccc1. The van der Waals surface area contributed by atoms with Gasteiger partial charge in [0.1, 0.15) is 0 Å². The van der Waals surface area contributed by atoms with E-state index in [1.807, 2.05) is 30.3 Å². The minimum absolute atomic E-state index is 0.176. The number of hydrogen-bond donors (Lipinski definition) is 2. The number of nitrogens with one attached hydrogen (secondary N) is 1. The van der Waals surface area contributed by atoms with Crippen LogP contribution in [0.4, 0.5) is 0 Å². The first kappa shape index (κ1) is 16.9. The number of hydrogen-bond acceptors (Lipinski definition) is 6. The zero-order valence-corrected chi connectivity index (χ0v) is 13.6. The molecule has 1 amide bonds. The zero-order valence-electron chi connectivity index (χ0n) is 13.6. The molecule has 0 aliphatic heterocycles. The lowest BCUT2D eigenvalue weighted by molar-refractivity contribution is -0.121. The molecule has 1 aromatic carbocycles. The molecular formula is C18H19N3O4. The predicted octanol–water partition coefficient (Wildman–Crippen LogP) is 1.98. The number of rotatable bonds is 8. The van der Waals surface area contributed by atoms with E-state index in [4.69, 9.17) is 8.94 Å². The Bertz CT molecular complexity index is 784. The van der Waals surface area contributed by atoms with E-state index in [1.54, 1.807) is 12.1 Å². The van der Waals surface area contributed by atoms with E-state index in [2.05, 4.69) is 15.5 Å². The molecule has 2 N–H and O–H groups in total. The standard InChI is InChI=1S/C18H19N3O4/c22-14(11-13-5-2-1-3-6-13)12-19-16(23)8-9-17-20-18(21-25-17)15-7-4-10-24-15/h1-7,10,14,22H,8-9,11-12H2,(H,19,23). The maximum atomic E-state index is 11.9. The van der Waals surface area contributed by atoms with Crippen LogP contribution in [0.5, 0.6) is 0 Å². The number of amides is 1. The average Bonchev–Trinajstić information content (AvgIpc) is 3.30. The number of aromatic nitrogens is 2. The summed E-state index contributed by atoms with van der Waals surface area (Å²) in [7, 11) is 0. The largest absolute Gasteiger partial charge is 0.461 e. The first-order valence-corrected chi connectivity index (χ1v) is 8.06. The van der Waals surface area contributed by atoms with E-state index in [0.29, 0.717) is 30.3 Å². The van der Waals surface area contributed by atoms with Gasteiger partial charge in [-0.25, -0.2) is 0 Å². The molecule has 0 radical (unpaired) electrons. The molecule has 2 heterocycles. The highest BCUT2D eigenvalue weighted by atomic mass is 16.5. The second kappa shape index (κ2) is 8.25. The zero-order chi connectivity index (χ0) is 17.5. The van der Waals surface area contributed by atoms with Crippen molar-refractivity contribution >= 4 is 5.91 Å². The molecular weight excluding hydrogens is 322 g/mol. The van der Waals surface area contributed by atoms with E-state index < -0.39 is 6.10 Å². The van der Waals surface area contributed by atoms with Crippen LogP contribution in [0.2, 0.25) is 0 Å². The van der Waals surface area contributed by atoms with Gasteiger partial charge in [0.05, 0.1) is 12.4 Å². The highest BCUT2D eigenvalue weighted by Crippen LogP contribution is 2.16. The number of carbonyl (C=O) groups excluding carboxylic acids is 1. The third kappa shape index (κ3) is 5.02. The van der Waals surface area contributed by atoms with Gasteiger partial charge in [-0.05, 0) is 17.7 Å². The number of aryl methyl sites for hydroxylation is 1. The third-order valence-electron chi connectivity index (χ3n) is 3.62. The first-order valence-electron chi connectivity index (χ1n) is 8.06. The van der Waals surface area contributed by atoms with Crippen molar-refractivity contribution in [3.05, 3.63) is 60.2 Å². The Morgan fingerprint density at radius 1 is 1.20 bits per heavy atom. The number of aliphatic hydroxyl groups excluding tert-OH is 1. The molecule has 130 valence electrons. The summed E-state index contributed by atoms with van der Waals surface area (Å²) < 4.78 is 10.3. The first-order chi connectivity index (χ1) is 12.2. The third-order valence-corrected chi connectivity index (χ3v) is 3.62. The molecule has 0 fully saturated rings. The van der Waals surface area contributed by atoms with Gasteiger partial charge in [-0.1, -0.05) is 35.5 Å². The molecule has 1 atom stereocenters. The maximum absolute atomic E-state index is 11.9. The summed E-state index contributed by atoms with van der Waals surface area (Å²) in [6.45, 7) is 0.204. The molecule has 0 aliphatic carbocycles. The van der Waals surface area contributed by atoms with E-state index in [-0.39, 0.29) is 18.9 Å². The van der Waals surface area contributed by atoms with Crippen LogP contribution < -0.4 is 5.32 Å². The van der Waals surface area contributed by atoms with Crippen LogP contribution >= 0.6 is 0 Å². The Hall–Kier alpha value is -2.93. The van der Waals surface area contributed by atoms with Crippen molar-refractivity contribution in [2.24, 2.45) is 0 Å². The molecule has 0 saturated heterocycles. The van der Waals surface area contributed by atoms with Crippen LogP contribution in [-0.2, 0) is 17.6 Å². The molecule has 0 saturated carbocycles. The van der Waals surface area contributed by atoms with Crippen molar-refractivity contribution in [2.45, 2.75) is 25.4 Å². The van der Waals surface area contributed by atoms with Crippen LogP contribution in [0.25, 0.3) is 11.6 Å². The summed E-state index contributed by atoms with van der Waals surface area (Å²) >= 11 is 0. The molecule has 0 spiro atoms. The minimum atomic E-state index is -0.625. The molecule has 7 heteroatoms. The van der Waals surface area contributed by atoms with Gasteiger partial charge in [0.2, 0.25) is 17.6 Å². The number of nitrogens with zero attached hydrogens (tertiary/aromatic N) is 2.